The Morgan fingerprint density at radius 3 is 2.77 bits per heavy atom. The average molecular weight is 428 g/mol. The van der Waals surface area contributed by atoms with E-state index in [-0.39, 0.29) is 5.91 Å². The Morgan fingerprint density at radius 2 is 2.07 bits per heavy atom. The number of hydrogen-bond acceptors (Lipinski definition) is 7. The van der Waals surface area contributed by atoms with Gasteiger partial charge >= 0.3 is 0 Å². The number of hydrogen-bond donors (Lipinski definition) is 0. The summed E-state index contributed by atoms with van der Waals surface area (Å²) in [5.41, 5.74) is 0.982. The van der Waals surface area contributed by atoms with Crippen LogP contribution in [0.5, 0.6) is 0 Å². The molecule has 30 heavy (non-hydrogen) atoms. The summed E-state index contributed by atoms with van der Waals surface area (Å²) in [6, 6.07) is 3.78. The smallest absolute Gasteiger partial charge is 0.264 e. The number of amides is 1. The number of piperazine rings is 1. The third-order valence-corrected chi connectivity index (χ3v) is 6.89. The largest absolute Gasteiger partial charge is 0.467 e. The summed E-state index contributed by atoms with van der Waals surface area (Å²) < 4.78 is 5.50. The lowest BCUT2D eigenvalue weighted by molar-refractivity contribution is 0.0733. The number of rotatable bonds is 7. The van der Waals surface area contributed by atoms with Crippen LogP contribution in [-0.4, -0.2) is 65.4 Å². The third kappa shape index (κ3) is 4.20. The first kappa shape index (κ1) is 20.8. The molecule has 1 fully saturated rings. The maximum Gasteiger partial charge on any atom is 0.264 e. The standard InChI is InChI=1S/C22H29N5O2S/c1-4-5-8-27(14-17-7-6-13-29-17)22(28)19-16(2)18-20(23-15-24-21(18)30-19)26-11-9-25(3)10-12-26/h6-7,13,15H,4-5,8-12,14H2,1-3H3. The number of nitrogens with zero attached hydrogens (tertiary/aromatic N) is 5. The van der Waals surface area contributed by atoms with E-state index in [4.69, 9.17) is 4.42 Å². The van der Waals surface area contributed by atoms with Gasteiger partial charge in [0.15, 0.2) is 0 Å². The van der Waals surface area contributed by atoms with E-state index >= 15 is 0 Å². The van der Waals surface area contributed by atoms with Crippen LogP contribution in [0.4, 0.5) is 5.82 Å². The van der Waals surface area contributed by atoms with Crippen molar-refractivity contribution < 1.29 is 9.21 Å². The molecule has 0 N–H and O–H groups in total. The lowest BCUT2D eigenvalue weighted by Gasteiger charge is -2.33. The molecule has 0 radical (unpaired) electrons. The van der Waals surface area contributed by atoms with Gasteiger partial charge in [-0.15, -0.1) is 11.3 Å². The van der Waals surface area contributed by atoms with Crippen molar-refractivity contribution in [1.29, 1.82) is 0 Å². The van der Waals surface area contributed by atoms with Crippen molar-refractivity contribution in [3.05, 3.63) is 40.9 Å². The highest BCUT2D eigenvalue weighted by Gasteiger charge is 2.26. The van der Waals surface area contributed by atoms with Gasteiger partial charge in [0.2, 0.25) is 0 Å². The second-order valence-electron chi connectivity index (χ2n) is 7.88. The van der Waals surface area contributed by atoms with E-state index in [9.17, 15) is 4.79 Å². The number of fused-ring (bicyclic) bond motifs is 1. The van der Waals surface area contributed by atoms with Crippen molar-refractivity contribution in [3.8, 4) is 0 Å². The second kappa shape index (κ2) is 9.14. The number of aryl methyl sites for hydroxylation is 1. The van der Waals surface area contributed by atoms with E-state index in [1.54, 1.807) is 12.6 Å². The number of furan rings is 1. The molecule has 8 heteroatoms. The molecule has 0 unspecified atom stereocenters. The number of aromatic nitrogens is 2. The lowest BCUT2D eigenvalue weighted by atomic mass is 10.1. The minimum absolute atomic E-state index is 0.0460. The fourth-order valence-electron chi connectivity index (χ4n) is 3.85. The fourth-order valence-corrected chi connectivity index (χ4v) is 4.96. The molecule has 0 aromatic carbocycles. The van der Waals surface area contributed by atoms with Gasteiger partial charge in [0.05, 0.1) is 23.1 Å². The number of thiophene rings is 1. The summed E-state index contributed by atoms with van der Waals surface area (Å²) in [7, 11) is 2.14. The number of anilines is 1. The van der Waals surface area contributed by atoms with Crippen LogP contribution in [-0.2, 0) is 6.54 Å². The Hall–Kier alpha value is -2.45. The summed E-state index contributed by atoms with van der Waals surface area (Å²) in [4.78, 5) is 30.8. The normalized spacial score (nSPS) is 15.1. The van der Waals surface area contributed by atoms with Crippen molar-refractivity contribution in [2.75, 3.05) is 44.7 Å². The zero-order chi connectivity index (χ0) is 21.1. The van der Waals surface area contributed by atoms with Crippen molar-refractivity contribution in [3.63, 3.8) is 0 Å². The molecule has 0 spiro atoms. The summed E-state index contributed by atoms with van der Waals surface area (Å²) >= 11 is 1.48. The summed E-state index contributed by atoms with van der Waals surface area (Å²) in [5, 5.41) is 1.02. The topological polar surface area (TPSA) is 65.7 Å². The molecule has 160 valence electrons. The lowest BCUT2D eigenvalue weighted by Crippen LogP contribution is -2.44. The van der Waals surface area contributed by atoms with E-state index in [1.807, 2.05) is 24.0 Å². The van der Waals surface area contributed by atoms with Gasteiger partial charge in [-0.3, -0.25) is 4.79 Å². The molecular formula is C22H29N5O2S. The van der Waals surface area contributed by atoms with E-state index in [1.165, 1.54) is 11.3 Å². The van der Waals surface area contributed by atoms with Crippen LogP contribution in [0.1, 0.15) is 40.8 Å². The van der Waals surface area contributed by atoms with Gasteiger partial charge in [-0.1, -0.05) is 13.3 Å². The Bertz CT molecular complexity index is 993. The minimum Gasteiger partial charge on any atom is -0.467 e. The molecule has 4 rings (SSSR count). The van der Waals surface area contributed by atoms with Gasteiger partial charge in [-0.2, -0.15) is 0 Å². The predicted molar refractivity (Wildman–Crippen MR) is 120 cm³/mol. The molecule has 0 atom stereocenters. The molecule has 4 heterocycles. The van der Waals surface area contributed by atoms with E-state index in [0.29, 0.717) is 13.1 Å². The van der Waals surface area contributed by atoms with Gasteiger partial charge in [-0.25, -0.2) is 9.97 Å². The van der Waals surface area contributed by atoms with E-state index in [2.05, 4.69) is 33.7 Å². The van der Waals surface area contributed by atoms with Gasteiger partial charge in [0, 0.05) is 32.7 Å². The van der Waals surface area contributed by atoms with Crippen molar-refractivity contribution in [2.45, 2.75) is 33.2 Å². The van der Waals surface area contributed by atoms with E-state index in [0.717, 1.165) is 71.3 Å². The molecule has 0 saturated carbocycles. The first-order valence-electron chi connectivity index (χ1n) is 10.6. The van der Waals surface area contributed by atoms with E-state index < -0.39 is 0 Å². The Balaban J connectivity index is 1.66. The molecule has 0 aliphatic carbocycles. The molecule has 0 bridgehead atoms. The molecule has 1 aliphatic rings. The fraction of sp³-hybridized carbons (Fsp3) is 0.500. The number of unbranched alkanes of at least 4 members (excludes halogenated alkanes) is 1. The monoisotopic (exact) mass is 427 g/mol. The maximum absolute atomic E-state index is 13.5. The average Bonchev–Trinajstić information content (AvgIpc) is 3.39. The highest BCUT2D eigenvalue weighted by atomic mass is 32.1. The number of carbonyl (C=O) groups excluding carboxylic acids is 1. The molecule has 3 aromatic rings. The predicted octanol–water partition coefficient (Wildman–Crippen LogP) is 3.79. The zero-order valence-corrected chi connectivity index (χ0v) is 18.7. The Kier molecular flexibility index (Phi) is 6.34. The van der Waals surface area contributed by atoms with Crippen LogP contribution in [0, 0.1) is 6.92 Å². The van der Waals surface area contributed by atoms with Crippen LogP contribution in [0.15, 0.2) is 29.1 Å². The number of likely N-dealkylation sites (N-methyl/N-ethyl adjacent to an activating group) is 1. The molecule has 1 amide bonds. The highest BCUT2D eigenvalue weighted by Crippen LogP contribution is 2.36. The van der Waals surface area contributed by atoms with Crippen LogP contribution < -0.4 is 4.90 Å². The Morgan fingerprint density at radius 1 is 1.27 bits per heavy atom. The minimum atomic E-state index is 0.0460. The van der Waals surface area contributed by atoms with Crippen LogP contribution in [0.2, 0.25) is 0 Å². The SMILES string of the molecule is CCCCN(Cc1ccco1)C(=O)c1sc2ncnc(N3CCN(C)CC3)c2c1C. The Labute approximate surface area is 181 Å². The van der Waals surface area contributed by atoms with Crippen molar-refractivity contribution in [1.82, 2.24) is 19.8 Å². The molecule has 1 aliphatic heterocycles. The van der Waals surface area contributed by atoms with Crippen molar-refractivity contribution in [2.24, 2.45) is 0 Å². The van der Waals surface area contributed by atoms with Crippen molar-refractivity contribution >= 4 is 33.3 Å². The van der Waals surface area contributed by atoms with Crippen LogP contribution >= 0.6 is 11.3 Å². The molecular weight excluding hydrogens is 398 g/mol. The van der Waals surface area contributed by atoms with Crippen LogP contribution in [0.3, 0.4) is 0 Å². The zero-order valence-electron chi connectivity index (χ0n) is 17.9. The third-order valence-electron chi connectivity index (χ3n) is 5.70. The molecule has 1 saturated heterocycles. The summed E-state index contributed by atoms with van der Waals surface area (Å²) in [5.74, 6) is 1.80. The first-order chi connectivity index (χ1) is 14.6. The van der Waals surface area contributed by atoms with Gasteiger partial charge in [-0.05, 0) is 38.1 Å². The van der Waals surface area contributed by atoms with Gasteiger partial charge < -0.3 is 19.1 Å². The first-order valence-corrected chi connectivity index (χ1v) is 11.4. The molecule has 7 nitrogen and oxygen atoms in total. The summed E-state index contributed by atoms with van der Waals surface area (Å²) in [6.07, 6.45) is 5.27. The summed E-state index contributed by atoms with van der Waals surface area (Å²) in [6.45, 7) is 9.24. The van der Waals surface area contributed by atoms with Gasteiger partial charge in [0.25, 0.3) is 5.91 Å². The van der Waals surface area contributed by atoms with Gasteiger partial charge in [0.1, 0.15) is 22.7 Å². The highest BCUT2D eigenvalue weighted by molar-refractivity contribution is 7.20. The molecule has 3 aromatic heterocycles. The maximum atomic E-state index is 13.5. The quantitative estimate of drug-likeness (QED) is 0.572. The van der Waals surface area contributed by atoms with Crippen LogP contribution in [0.25, 0.3) is 10.2 Å². The number of carbonyl (C=O) groups is 1. The second-order valence-corrected chi connectivity index (χ2v) is 8.88.